The van der Waals surface area contributed by atoms with E-state index in [1.807, 2.05) is 0 Å². The molecule has 0 saturated carbocycles. The first kappa shape index (κ1) is 15.5. The molecule has 0 N–H and O–H groups in total. The maximum Gasteiger partial charge on any atom is 0.0378 e. The minimum absolute atomic E-state index is 1.20. The summed E-state index contributed by atoms with van der Waals surface area (Å²) in [5.74, 6) is 0. The summed E-state index contributed by atoms with van der Waals surface area (Å²) in [7, 11) is 1.20. The van der Waals surface area contributed by atoms with Crippen molar-refractivity contribution in [2.24, 2.45) is 0 Å². The average molecular weight is 260 g/mol. The van der Waals surface area contributed by atoms with Crippen molar-refractivity contribution in [3.63, 3.8) is 0 Å². The van der Waals surface area contributed by atoms with E-state index in [2.05, 4.69) is 37.3 Å². The van der Waals surface area contributed by atoms with Crippen LogP contribution in [0.4, 0.5) is 0 Å². The summed E-state index contributed by atoms with van der Waals surface area (Å²) in [6, 6.07) is 13.8. The molecule has 0 unspecified atom stereocenters. The molecule has 0 nitrogen and oxygen atoms in total. The Bertz CT molecular complexity index is 268. The van der Waals surface area contributed by atoms with Crippen molar-refractivity contribution in [2.75, 3.05) is 0 Å². The Labute approximate surface area is 116 Å². The molecule has 0 aliphatic carbocycles. The SMILES string of the molecule is CCCCCCCC[Si]CCCc1ccccc1. The molecule has 0 saturated heterocycles. The highest BCUT2D eigenvalue weighted by Crippen LogP contribution is 2.09. The van der Waals surface area contributed by atoms with Gasteiger partial charge in [0.1, 0.15) is 0 Å². The Kier molecular flexibility index (Phi) is 9.92. The molecule has 0 atom stereocenters. The fourth-order valence-corrected chi connectivity index (χ4v) is 3.39. The lowest BCUT2D eigenvalue weighted by molar-refractivity contribution is 0.623. The van der Waals surface area contributed by atoms with Crippen molar-refractivity contribution in [1.82, 2.24) is 0 Å². The molecule has 0 aromatic heterocycles. The second kappa shape index (κ2) is 11.5. The van der Waals surface area contributed by atoms with Crippen molar-refractivity contribution >= 4 is 9.52 Å². The largest absolute Gasteiger partial charge is 0.0654 e. The third kappa shape index (κ3) is 8.52. The molecule has 0 bridgehead atoms. The van der Waals surface area contributed by atoms with E-state index < -0.39 is 0 Å². The predicted molar refractivity (Wildman–Crippen MR) is 83.5 cm³/mol. The van der Waals surface area contributed by atoms with Gasteiger partial charge in [-0.1, -0.05) is 94.3 Å². The van der Waals surface area contributed by atoms with E-state index in [4.69, 9.17) is 0 Å². The Morgan fingerprint density at radius 2 is 1.44 bits per heavy atom. The van der Waals surface area contributed by atoms with Gasteiger partial charge in [0.25, 0.3) is 0 Å². The molecule has 1 aromatic carbocycles. The average Bonchev–Trinajstić information content (AvgIpc) is 2.42. The van der Waals surface area contributed by atoms with Gasteiger partial charge in [-0.25, -0.2) is 0 Å². The summed E-state index contributed by atoms with van der Waals surface area (Å²) in [5.41, 5.74) is 1.50. The summed E-state index contributed by atoms with van der Waals surface area (Å²) in [6.45, 7) is 2.29. The van der Waals surface area contributed by atoms with Crippen molar-refractivity contribution in [2.45, 2.75) is 70.4 Å². The van der Waals surface area contributed by atoms with E-state index in [0.717, 1.165) is 0 Å². The van der Waals surface area contributed by atoms with Gasteiger partial charge in [-0.05, 0) is 12.0 Å². The second-order valence-electron chi connectivity index (χ2n) is 5.11. The van der Waals surface area contributed by atoms with Gasteiger partial charge in [0, 0.05) is 9.52 Å². The van der Waals surface area contributed by atoms with Crippen LogP contribution in [0.1, 0.15) is 57.4 Å². The molecule has 100 valence electrons. The van der Waals surface area contributed by atoms with Gasteiger partial charge in [-0.3, -0.25) is 0 Å². The van der Waals surface area contributed by atoms with E-state index >= 15 is 0 Å². The number of rotatable bonds is 11. The number of benzene rings is 1. The zero-order chi connectivity index (χ0) is 12.9. The molecule has 0 fully saturated rings. The van der Waals surface area contributed by atoms with Crippen LogP contribution in [0.2, 0.25) is 12.1 Å². The molecule has 1 aromatic rings. The van der Waals surface area contributed by atoms with Crippen LogP contribution in [0.15, 0.2) is 30.3 Å². The monoisotopic (exact) mass is 260 g/mol. The lowest BCUT2D eigenvalue weighted by Gasteiger charge is -2.02. The summed E-state index contributed by atoms with van der Waals surface area (Å²) in [5, 5.41) is 0. The Hall–Kier alpha value is -0.563. The fraction of sp³-hybridized carbons (Fsp3) is 0.647. The smallest absolute Gasteiger partial charge is 0.0378 e. The molecule has 0 aliphatic heterocycles. The van der Waals surface area contributed by atoms with Gasteiger partial charge in [-0.2, -0.15) is 0 Å². The lowest BCUT2D eigenvalue weighted by Crippen LogP contribution is -1.92. The first-order valence-corrected chi connectivity index (χ1v) is 9.09. The molecule has 18 heavy (non-hydrogen) atoms. The lowest BCUT2D eigenvalue weighted by atomic mass is 10.1. The Balaban J connectivity index is 1.82. The molecule has 0 spiro atoms. The molecule has 1 rings (SSSR count). The van der Waals surface area contributed by atoms with E-state index in [9.17, 15) is 0 Å². The number of unbranched alkanes of at least 4 members (excludes halogenated alkanes) is 5. The highest BCUT2D eigenvalue weighted by Gasteiger charge is 1.95. The minimum atomic E-state index is 1.20. The van der Waals surface area contributed by atoms with E-state index in [0.29, 0.717) is 0 Å². The molecule has 1 heteroatoms. The molecular weight excluding hydrogens is 232 g/mol. The fourth-order valence-electron chi connectivity index (χ4n) is 2.22. The van der Waals surface area contributed by atoms with Gasteiger partial charge in [0.05, 0.1) is 0 Å². The Morgan fingerprint density at radius 1 is 0.778 bits per heavy atom. The highest BCUT2D eigenvalue weighted by molar-refractivity contribution is 6.35. The minimum Gasteiger partial charge on any atom is -0.0654 e. The van der Waals surface area contributed by atoms with Crippen LogP contribution in [0.5, 0.6) is 0 Å². The molecular formula is C17H28Si. The Morgan fingerprint density at radius 3 is 2.22 bits per heavy atom. The first-order valence-electron chi connectivity index (χ1n) is 7.68. The number of hydrogen-bond donors (Lipinski definition) is 0. The van der Waals surface area contributed by atoms with Crippen LogP contribution in [0.25, 0.3) is 0 Å². The topological polar surface area (TPSA) is 0 Å². The van der Waals surface area contributed by atoms with Crippen LogP contribution < -0.4 is 0 Å². The summed E-state index contributed by atoms with van der Waals surface area (Å²) in [4.78, 5) is 0. The normalized spacial score (nSPS) is 10.7. The van der Waals surface area contributed by atoms with Gasteiger partial charge < -0.3 is 0 Å². The third-order valence-electron chi connectivity index (χ3n) is 3.37. The summed E-state index contributed by atoms with van der Waals surface area (Å²) >= 11 is 0. The van der Waals surface area contributed by atoms with Crippen LogP contribution in [-0.4, -0.2) is 9.52 Å². The van der Waals surface area contributed by atoms with Crippen molar-refractivity contribution in [3.05, 3.63) is 35.9 Å². The van der Waals surface area contributed by atoms with E-state index in [1.165, 1.54) is 78.5 Å². The molecule has 0 aliphatic rings. The number of aryl methyl sites for hydroxylation is 1. The van der Waals surface area contributed by atoms with Crippen molar-refractivity contribution < 1.29 is 0 Å². The van der Waals surface area contributed by atoms with Crippen LogP contribution in [-0.2, 0) is 6.42 Å². The van der Waals surface area contributed by atoms with Crippen LogP contribution >= 0.6 is 0 Å². The van der Waals surface area contributed by atoms with Crippen molar-refractivity contribution in [3.8, 4) is 0 Å². The van der Waals surface area contributed by atoms with Gasteiger partial charge >= 0.3 is 0 Å². The molecule has 0 heterocycles. The van der Waals surface area contributed by atoms with Crippen molar-refractivity contribution in [1.29, 1.82) is 0 Å². The zero-order valence-electron chi connectivity index (χ0n) is 12.0. The maximum absolute atomic E-state index is 2.29. The second-order valence-corrected chi connectivity index (χ2v) is 6.61. The first-order chi connectivity index (χ1) is 8.93. The van der Waals surface area contributed by atoms with Gasteiger partial charge in [0.15, 0.2) is 0 Å². The summed E-state index contributed by atoms with van der Waals surface area (Å²) < 4.78 is 0. The molecule has 2 radical (unpaired) electrons. The van der Waals surface area contributed by atoms with Gasteiger partial charge in [0.2, 0.25) is 0 Å². The molecule has 0 amide bonds. The number of hydrogen-bond acceptors (Lipinski definition) is 0. The van der Waals surface area contributed by atoms with Crippen LogP contribution in [0, 0.1) is 0 Å². The quantitative estimate of drug-likeness (QED) is 0.363. The summed E-state index contributed by atoms with van der Waals surface area (Å²) in [6.07, 6.45) is 11.3. The predicted octanol–water partition coefficient (Wildman–Crippen LogP) is 5.52. The zero-order valence-corrected chi connectivity index (χ0v) is 13.0. The standard InChI is InChI=1S/C17H28Si/c1-2-3-4-5-6-10-15-18-16-11-14-17-12-8-7-9-13-17/h7-9,12-13H,2-6,10-11,14-16H2,1H3. The van der Waals surface area contributed by atoms with E-state index in [-0.39, 0.29) is 0 Å². The highest BCUT2D eigenvalue weighted by atomic mass is 28.2. The van der Waals surface area contributed by atoms with Gasteiger partial charge in [-0.15, -0.1) is 0 Å². The third-order valence-corrected chi connectivity index (χ3v) is 4.78. The maximum atomic E-state index is 2.29. The van der Waals surface area contributed by atoms with E-state index in [1.54, 1.807) is 0 Å². The van der Waals surface area contributed by atoms with Crippen LogP contribution in [0.3, 0.4) is 0 Å².